The van der Waals surface area contributed by atoms with Crippen molar-refractivity contribution in [2.24, 2.45) is 0 Å². The topological polar surface area (TPSA) is 51.1 Å². The number of pyridine rings is 1. The minimum Gasteiger partial charge on any atom is -0.352 e. The molecular weight excluding hydrogens is 347 g/mol. The highest BCUT2D eigenvalue weighted by Crippen LogP contribution is 2.22. The van der Waals surface area contributed by atoms with Crippen LogP contribution in [0.25, 0.3) is 0 Å². The van der Waals surface area contributed by atoms with E-state index in [-0.39, 0.29) is 11.5 Å². The van der Waals surface area contributed by atoms with Crippen molar-refractivity contribution < 1.29 is 4.79 Å². The molecule has 0 bridgehead atoms. The molecule has 1 aromatic carbocycles. The summed E-state index contributed by atoms with van der Waals surface area (Å²) in [6, 6.07) is 7.65. The predicted octanol–water partition coefficient (Wildman–Crippen LogP) is 3.63. The van der Waals surface area contributed by atoms with Gasteiger partial charge in [0.05, 0.1) is 15.1 Å². The lowest BCUT2D eigenvalue weighted by Crippen LogP contribution is -2.26. The molecule has 0 saturated carbocycles. The molecule has 4 nitrogen and oxygen atoms in total. The van der Waals surface area contributed by atoms with E-state index in [0.29, 0.717) is 40.1 Å². The van der Waals surface area contributed by atoms with Crippen LogP contribution < -0.4 is 10.9 Å². The SMILES string of the molecule is O=C(NCCCn1cc(Cl)ccc1=O)c1ccc(Cl)c(Cl)c1. The summed E-state index contributed by atoms with van der Waals surface area (Å²) < 4.78 is 1.51. The summed E-state index contributed by atoms with van der Waals surface area (Å²) in [7, 11) is 0. The maximum Gasteiger partial charge on any atom is 0.251 e. The Morgan fingerprint density at radius 2 is 1.86 bits per heavy atom. The fourth-order valence-electron chi connectivity index (χ4n) is 1.87. The van der Waals surface area contributed by atoms with E-state index in [0.717, 1.165) is 0 Å². The number of aromatic nitrogens is 1. The molecule has 0 atom stereocenters. The molecule has 0 saturated heterocycles. The van der Waals surface area contributed by atoms with Crippen molar-refractivity contribution in [1.82, 2.24) is 9.88 Å². The molecule has 1 amide bonds. The number of carbonyl (C=O) groups is 1. The Balaban J connectivity index is 1.85. The Morgan fingerprint density at radius 3 is 2.59 bits per heavy atom. The van der Waals surface area contributed by atoms with Crippen LogP contribution in [0, 0.1) is 0 Å². The molecule has 2 aromatic rings. The molecular formula is C15H13Cl3N2O2. The van der Waals surface area contributed by atoms with Crippen molar-refractivity contribution in [3.63, 3.8) is 0 Å². The van der Waals surface area contributed by atoms with Crippen LogP contribution in [0.1, 0.15) is 16.8 Å². The highest BCUT2D eigenvalue weighted by molar-refractivity contribution is 6.42. The summed E-state index contributed by atoms with van der Waals surface area (Å²) >= 11 is 17.5. The van der Waals surface area contributed by atoms with Gasteiger partial charge in [0, 0.05) is 30.9 Å². The van der Waals surface area contributed by atoms with Crippen LogP contribution in [0.5, 0.6) is 0 Å². The number of rotatable bonds is 5. The summed E-state index contributed by atoms with van der Waals surface area (Å²) in [5, 5.41) is 3.99. The summed E-state index contributed by atoms with van der Waals surface area (Å²) in [4.78, 5) is 23.5. The molecule has 0 unspecified atom stereocenters. The van der Waals surface area contributed by atoms with Gasteiger partial charge in [-0.2, -0.15) is 0 Å². The van der Waals surface area contributed by atoms with Gasteiger partial charge in [0.1, 0.15) is 0 Å². The van der Waals surface area contributed by atoms with E-state index in [1.807, 2.05) is 0 Å². The van der Waals surface area contributed by atoms with Crippen LogP contribution in [-0.4, -0.2) is 17.0 Å². The van der Waals surface area contributed by atoms with Gasteiger partial charge in [0.2, 0.25) is 0 Å². The lowest BCUT2D eigenvalue weighted by Gasteiger charge is -2.08. The van der Waals surface area contributed by atoms with Gasteiger partial charge < -0.3 is 9.88 Å². The summed E-state index contributed by atoms with van der Waals surface area (Å²) in [6.45, 7) is 0.902. The van der Waals surface area contributed by atoms with Gasteiger partial charge in [-0.25, -0.2) is 0 Å². The normalized spacial score (nSPS) is 10.5. The lowest BCUT2D eigenvalue weighted by atomic mass is 10.2. The maximum atomic E-state index is 11.9. The fourth-order valence-corrected chi connectivity index (χ4v) is 2.35. The molecule has 1 heterocycles. The highest BCUT2D eigenvalue weighted by Gasteiger charge is 2.07. The lowest BCUT2D eigenvalue weighted by molar-refractivity contribution is 0.0952. The van der Waals surface area contributed by atoms with Crippen LogP contribution in [0.3, 0.4) is 0 Å². The van der Waals surface area contributed by atoms with E-state index < -0.39 is 0 Å². The first-order valence-electron chi connectivity index (χ1n) is 6.56. The molecule has 0 aliphatic heterocycles. The zero-order valence-corrected chi connectivity index (χ0v) is 13.8. The highest BCUT2D eigenvalue weighted by atomic mass is 35.5. The number of aryl methyl sites for hydroxylation is 1. The number of hydrogen-bond donors (Lipinski definition) is 1. The van der Waals surface area contributed by atoms with Crippen LogP contribution in [0.2, 0.25) is 15.1 Å². The third-order valence-electron chi connectivity index (χ3n) is 2.99. The molecule has 2 rings (SSSR count). The average Bonchev–Trinajstić information content (AvgIpc) is 2.49. The second-order valence-corrected chi connectivity index (χ2v) is 5.87. The van der Waals surface area contributed by atoms with E-state index in [1.165, 1.54) is 16.7 Å². The Hall–Kier alpha value is -1.49. The van der Waals surface area contributed by atoms with E-state index in [2.05, 4.69) is 5.32 Å². The van der Waals surface area contributed by atoms with E-state index in [1.54, 1.807) is 24.4 Å². The van der Waals surface area contributed by atoms with E-state index in [9.17, 15) is 9.59 Å². The molecule has 1 N–H and O–H groups in total. The first-order valence-corrected chi connectivity index (χ1v) is 7.70. The predicted molar refractivity (Wildman–Crippen MR) is 89.1 cm³/mol. The zero-order valence-electron chi connectivity index (χ0n) is 11.5. The second-order valence-electron chi connectivity index (χ2n) is 4.62. The van der Waals surface area contributed by atoms with Crippen LogP contribution >= 0.6 is 34.8 Å². The quantitative estimate of drug-likeness (QED) is 0.829. The van der Waals surface area contributed by atoms with Crippen LogP contribution in [-0.2, 0) is 6.54 Å². The smallest absolute Gasteiger partial charge is 0.251 e. The number of nitrogens with one attached hydrogen (secondary N) is 1. The Bertz CT molecular complexity index is 744. The number of benzene rings is 1. The van der Waals surface area contributed by atoms with Crippen molar-refractivity contribution in [2.75, 3.05) is 6.54 Å². The Kier molecular flexibility index (Phi) is 5.89. The van der Waals surface area contributed by atoms with Crippen molar-refractivity contribution in [3.8, 4) is 0 Å². The monoisotopic (exact) mass is 358 g/mol. The minimum absolute atomic E-state index is 0.125. The number of amides is 1. The first-order chi connectivity index (χ1) is 10.5. The Morgan fingerprint density at radius 1 is 1.09 bits per heavy atom. The number of halogens is 3. The third kappa shape index (κ3) is 4.50. The molecule has 0 aliphatic carbocycles. The van der Waals surface area contributed by atoms with Gasteiger partial charge in [0.15, 0.2) is 0 Å². The molecule has 1 aromatic heterocycles. The standard InChI is InChI=1S/C15H13Cl3N2O2/c16-11-3-5-14(21)20(9-11)7-1-6-19-15(22)10-2-4-12(17)13(18)8-10/h2-5,8-9H,1,6-7H2,(H,19,22). The van der Waals surface area contributed by atoms with Gasteiger partial charge in [0.25, 0.3) is 11.5 Å². The summed E-state index contributed by atoms with van der Waals surface area (Å²) in [5.74, 6) is -0.239. The van der Waals surface area contributed by atoms with E-state index in [4.69, 9.17) is 34.8 Å². The maximum absolute atomic E-state index is 11.9. The molecule has 116 valence electrons. The molecule has 0 spiro atoms. The van der Waals surface area contributed by atoms with Crippen LogP contribution in [0.15, 0.2) is 41.3 Å². The van der Waals surface area contributed by atoms with E-state index >= 15 is 0 Å². The van der Waals surface area contributed by atoms with Gasteiger partial charge in [-0.3, -0.25) is 9.59 Å². The van der Waals surface area contributed by atoms with Gasteiger partial charge >= 0.3 is 0 Å². The van der Waals surface area contributed by atoms with Gasteiger partial charge in [-0.1, -0.05) is 34.8 Å². The number of hydrogen-bond acceptors (Lipinski definition) is 2. The number of carbonyl (C=O) groups excluding carboxylic acids is 1. The molecule has 0 radical (unpaired) electrons. The molecule has 0 fully saturated rings. The van der Waals surface area contributed by atoms with Crippen molar-refractivity contribution >= 4 is 40.7 Å². The van der Waals surface area contributed by atoms with Crippen molar-refractivity contribution in [1.29, 1.82) is 0 Å². The zero-order chi connectivity index (χ0) is 16.1. The van der Waals surface area contributed by atoms with Gasteiger partial charge in [-0.05, 0) is 30.7 Å². The summed E-state index contributed by atoms with van der Waals surface area (Å²) in [6.07, 6.45) is 2.18. The van der Waals surface area contributed by atoms with Crippen molar-refractivity contribution in [2.45, 2.75) is 13.0 Å². The van der Waals surface area contributed by atoms with Gasteiger partial charge in [-0.15, -0.1) is 0 Å². The fraction of sp³-hybridized carbons (Fsp3) is 0.200. The Labute approximate surface area is 142 Å². The molecule has 0 aliphatic rings. The number of nitrogens with zero attached hydrogens (tertiary/aromatic N) is 1. The summed E-state index contributed by atoms with van der Waals surface area (Å²) in [5.41, 5.74) is 0.314. The van der Waals surface area contributed by atoms with Crippen LogP contribution in [0.4, 0.5) is 0 Å². The average molecular weight is 360 g/mol. The first kappa shape index (κ1) is 16.9. The molecule has 7 heteroatoms. The van der Waals surface area contributed by atoms with Crippen molar-refractivity contribution in [3.05, 3.63) is 67.5 Å². The largest absolute Gasteiger partial charge is 0.352 e. The third-order valence-corrected chi connectivity index (χ3v) is 3.95. The molecule has 22 heavy (non-hydrogen) atoms. The minimum atomic E-state index is -0.239. The second kappa shape index (κ2) is 7.68.